The number of methoxy groups -OCH3 is 1. The van der Waals surface area contributed by atoms with E-state index in [-0.39, 0.29) is 5.82 Å². The summed E-state index contributed by atoms with van der Waals surface area (Å²) in [4.78, 5) is 21.1. The number of rotatable bonds is 6. The largest absolute Gasteiger partial charge is 0.497 e. The molecule has 2 heterocycles. The summed E-state index contributed by atoms with van der Waals surface area (Å²) in [5.41, 5.74) is 1.58. The number of hydrogen-bond donors (Lipinski definition) is 1. The SMILES string of the molecule is COc1ccc(-c2nc(NCCc3cnccn3)nc(C(Cl)(Cl)Cl)n2)cc1. The minimum atomic E-state index is -1.77. The standard InChI is InChI=1S/C17H15Cl3N6O/c1-27-13-4-2-11(3-5-13)14-24-15(17(18,19)20)26-16(25-14)23-7-6-12-10-21-8-9-22-12/h2-5,8-10H,6-7H2,1H3,(H,23,24,25,26). The minimum Gasteiger partial charge on any atom is -0.497 e. The van der Waals surface area contributed by atoms with Crippen LogP contribution in [0.5, 0.6) is 5.75 Å². The average Bonchev–Trinajstić information content (AvgIpc) is 2.68. The van der Waals surface area contributed by atoms with Gasteiger partial charge in [0.05, 0.1) is 12.8 Å². The highest BCUT2D eigenvalue weighted by molar-refractivity contribution is 6.66. The molecule has 0 saturated heterocycles. The Morgan fingerprint density at radius 1 is 1.04 bits per heavy atom. The molecule has 10 heteroatoms. The van der Waals surface area contributed by atoms with Gasteiger partial charge in [-0.05, 0) is 24.3 Å². The molecule has 1 N–H and O–H groups in total. The van der Waals surface area contributed by atoms with Crippen molar-refractivity contribution in [3.8, 4) is 17.1 Å². The predicted octanol–water partition coefficient (Wildman–Crippen LogP) is 3.82. The predicted molar refractivity (Wildman–Crippen MR) is 105 cm³/mol. The molecule has 0 radical (unpaired) electrons. The molecule has 2 aromatic heterocycles. The van der Waals surface area contributed by atoms with Gasteiger partial charge in [0.25, 0.3) is 0 Å². The molecule has 3 rings (SSSR count). The summed E-state index contributed by atoms with van der Waals surface area (Å²) in [5, 5.41) is 3.11. The average molecular weight is 426 g/mol. The summed E-state index contributed by atoms with van der Waals surface area (Å²) in [6.07, 6.45) is 5.60. The van der Waals surface area contributed by atoms with Gasteiger partial charge in [0.15, 0.2) is 11.6 Å². The number of nitrogens with zero attached hydrogens (tertiary/aromatic N) is 5. The second-order valence-electron chi connectivity index (χ2n) is 5.41. The Bertz CT molecular complexity index is 887. The highest BCUT2D eigenvalue weighted by Crippen LogP contribution is 2.36. The Morgan fingerprint density at radius 2 is 1.81 bits per heavy atom. The van der Waals surface area contributed by atoms with Crippen molar-refractivity contribution in [1.29, 1.82) is 0 Å². The van der Waals surface area contributed by atoms with Crippen LogP contribution in [-0.4, -0.2) is 38.6 Å². The number of aromatic nitrogens is 5. The van der Waals surface area contributed by atoms with Crippen LogP contribution in [-0.2, 0) is 10.2 Å². The van der Waals surface area contributed by atoms with Crippen LogP contribution in [0, 0.1) is 0 Å². The van der Waals surface area contributed by atoms with Gasteiger partial charge in [0, 0.05) is 37.1 Å². The number of anilines is 1. The number of hydrogen-bond acceptors (Lipinski definition) is 7. The number of halogens is 3. The molecular formula is C17H15Cl3N6O. The van der Waals surface area contributed by atoms with Gasteiger partial charge in [0.1, 0.15) is 5.75 Å². The Balaban J connectivity index is 1.84. The van der Waals surface area contributed by atoms with E-state index < -0.39 is 3.79 Å². The van der Waals surface area contributed by atoms with E-state index in [0.29, 0.717) is 24.7 Å². The van der Waals surface area contributed by atoms with E-state index in [0.717, 1.165) is 17.0 Å². The molecule has 0 aliphatic rings. The topological polar surface area (TPSA) is 85.7 Å². The molecule has 3 aromatic rings. The molecule has 0 atom stereocenters. The number of ether oxygens (including phenoxy) is 1. The van der Waals surface area contributed by atoms with E-state index in [1.807, 2.05) is 12.1 Å². The van der Waals surface area contributed by atoms with Crippen LogP contribution in [0.3, 0.4) is 0 Å². The van der Waals surface area contributed by atoms with Crippen molar-refractivity contribution < 1.29 is 4.74 Å². The second kappa shape index (κ2) is 8.65. The summed E-state index contributed by atoms with van der Waals surface area (Å²) < 4.78 is 3.39. The van der Waals surface area contributed by atoms with Gasteiger partial charge in [-0.1, -0.05) is 34.8 Å². The third-order valence-electron chi connectivity index (χ3n) is 3.52. The van der Waals surface area contributed by atoms with Crippen molar-refractivity contribution in [3.63, 3.8) is 0 Å². The molecule has 0 amide bonds. The third-order valence-corrected chi connectivity index (χ3v) is 4.03. The molecule has 0 spiro atoms. The van der Waals surface area contributed by atoms with Crippen molar-refractivity contribution in [3.05, 3.63) is 54.4 Å². The fourth-order valence-corrected chi connectivity index (χ4v) is 2.47. The smallest absolute Gasteiger partial charge is 0.250 e. The van der Waals surface area contributed by atoms with E-state index in [1.165, 1.54) is 0 Å². The molecule has 140 valence electrons. The summed E-state index contributed by atoms with van der Waals surface area (Å²) >= 11 is 17.9. The van der Waals surface area contributed by atoms with Crippen LogP contribution in [0.25, 0.3) is 11.4 Å². The molecule has 0 aliphatic carbocycles. The fraction of sp³-hybridized carbons (Fsp3) is 0.235. The van der Waals surface area contributed by atoms with Gasteiger partial charge in [0.2, 0.25) is 9.74 Å². The zero-order valence-corrected chi connectivity index (χ0v) is 16.5. The molecule has 0 aliphatic heterocycles. The maximum atomic E-state index is 5.98. The maximum absolute atomic E-state index is 5.98. The van der Waals surface area contributed by atoms with E-state index in [1.54, 1.807) is 37.8 Å². The maximum Gasteiger partial charge on any atom is 0.250 e. The van der Waals surface area contributed by atoms with Crippen LogP contribution >= 0.6 is 34.8 Å². The molecule has 27 heavy (non-hydrogen) atoms. The lowest BCUT2D eigenvalue weighted by atomic mass is 10.2. The first-order valence-electron chi connectivity index (χ1n) is 7.92. The first-order valence-corrected chi connectivity index (χ1v) is 9.05. The van der Waals surface area contributed by atoms with Gasteiger partial charge in [-0.2, -0.15) is 9.97 Å². The summed E-state index contributed by atoms with van der Waals surface area (Å²) in [7, 11) is 1.60. The van der Waals surface area contributed by atoms with Crippen LogP contribution in [0.15, 0.2) is 42.9 Å². The normalized spacial score (nSPS) is 11.3. The Morgan fingerprint density at radius 3 is 2.44 bits per heavy atom. The molecule has 7 nitrogen and oxygen atoms in total. The zero-order valence-electron chi connectivity index (χ0n) is 14.2. The zero-order chi connectivity index (χ0) is 19.3. The first kappa shape index (κ1) is 19.5. The quantitative estimate of drug-likeness (QED) is 0.601. The minimum absolute atomic E-state index is 0.0373. The lowest BCUT2D eigenvalue weighted by Crippen LogP contribution is -2.15. The van der Waals surface area contributed by atoms with Gasteiger partial charge in [-0.3, -0.25) is 9.97 Å². The second-order valence-corrected chi connectivity index (χ2v) is 7.69. The molecule has 0 bridgehead atoms. The highest BCUT2D eigenvalue weighted by Gasteiger charge is 2.28. The van der Waals surface area contributed by atoms with Crippen LogP contribution in [0.2, 0.25) is 0 Å². The monoisotopic (exact) mass is 424 g/mol. The van der Waals surface area contributed by atoms with Crippen LogP contribution in [0.1, 0.15) is 11.5 Å². The Kier molecular flexibility index (Phi) is 6.26. The van der Waals surface area contributed by atoms with E-state index in [4.69, 9.17) is 39.5 Å². The van der Waals surface area contributed by atoms with E-state index >= 15 is 0 Å². The van der Waals surface area contributed by atoms with Crippen molar-refractivity contribution in [2.75, 3.05) is 19.0 Å². The summed E-state index contributed by atoms with van der Waals surface area (Å²) in [6.45, 7) is 0.532. The van der Waals surface area contributed by atoms with Gasteiger partial charge in [-0.25, -0.2) is 4.98 Å². The van der Waals surface area contributed by atoms with Gasteiger partial charge >= 0.3 is 0 Å². The lowest BCUT2D eigenvalue weighted by molar-refractivity contribution is 0.415. The van der Waals surface area contributed by atoms with Crippen molar-refractivity contribution >= 4 is 40.8 Å². The Labute approximate surface area is 171 Å². The molecular weight excluding hydrogens is 411 g/mol. The molecule has 1 aromatic carbocycles. The molecule has 0 saturated carbocycles. The van der Waals surface area contributed by atoms with Crippen LogP contribution in [0.4, 0.5) is 5.95 Å². The van der Waals surface area contributed by atoms with Crippen LogP contribution < -0.4 is 10.1 Å². The van der Waals surface area contributed by atoms with Crippen molar-refractivity contribution in [1.82, 2.24) is 24.9 Å². The fourth-order valence-electron chi connectivity index (χ4n) is 2.21. The van der Waals surface area contributed by atoms with Crippen molar-refractivity contribution in [2.24, 2.45) is 0 Å². The van der Waals surface area contributed by atoms with E-state index in [2.05, 4.69) is 30.2 Å². The number of benzene rings is 1. The highest BCUT2D eigenvalue weighted by atomic mass is 35.6. The third kappa shape index (κ3) is 5.38. The Hall–Kier alpha value is -2.22. The van der Waals surface area contributed by atoms with Gasteiger partial charge in [-0.15, -0.1) is 0 Å². The van der Waals surface area contributed by atoms with E-state index in [9.17, 15) is 0 Å². The lowest BCUT2D eigenvalue weighted by Gasteiger charge is -2.13. The van der Waals surface area contributed by atoms with Gasteiger partial charge < -0.3 is 10.1 Å². The number of nitrogens with one attached hydrogen (secondary N) is 1. The van der Waals surface area contributed by atoms with Crippen molar-refractivity contribution in [2.45, 2.75) is 10.2 Å². The molecule has 0 fully saturated rings. The summed E-state index contributed by atoms with van der Waals surface area (Å²) in [5.74, 6) is 1.45. The number of alkyl halides is 3. The molecule has 0 unspecified atom stereocenters. The summed E-state index contributed by atoms with van der Waals surface area (Å²) in [6, 6.07) is 7.24. The first-order chi connectivity index (χ1) is 13.0.